The summed E-state index contributed by atoms with van der Waals surface area (Å²) < 4.78 is 27.2. The van der Waals surface area contributed by atoms with E-state index in [2.05, 4.69) is 4.72 Å². The van der Waals surface area contributed by atoms with Crippen molar-refractivity contribution in [2.24, 2.45) is 0 Å². The standard InChI is InChI=1S/C14H14Cl2N2O3S2/c1-10(19)18(12-4-2-3-11(15)9-12)8-7-17-23(20,21)14-6-5-13(16)22-14/h2-6,9,17H,7-8H2,1H3. The van der Waals surface area contributed by atoms with E-state index in [1.54, 1.807) is 24.3 Å². The van der Waals surface area contributed by atoms with Gasteiger partial charge in [-0.15, -0.1) is 11.3 Å². The lowest BCUT2D eigenvalue weighted by molar-refractivity contribution is -0.116. The Balaban J connectivity index is 2.04. The van der Waals surface area contributed by atoms with Crippen molar-refractivity contribution in [3.05, 3.63) is 45.8 Å². The largest absolute Gasteiger partial charge is 0.311 e. The third-order valence-electron chi connectivity index (χ3n) is 2.94. The van der Waals surface area contributed by atoms with Crippen LogP contribution >= 0.6 is 34.5 Å². The second-order valence-corrected chi connectivity index (χ2v) is 8.75. The van der Waals surface area contributed by atoms with Gasteiger partial charge in [-0.2, -0.15) is 0 Å². The van der Waals surface area contributed by atoms with Crippen molar-refractivity contribution < 1.29 is 13.2 Å². The molecule has 1 aromatic heterocycles. The highest BCUT2D eigenvalue weighted by atomic mass is 35.5. The highest BCUT2D eigenvalue weighted by Gasteiger charge is 2.18. The molecule has 2 aromatic rings. The van der Waals surface area contributed by atoms with Gasteiger partial charge in [0.15, 0.2) is 0 Å². The zero-order valence-corrected chi connectivity index (χ0v) is 15.3. The SMILES string of the molecule is CC(=O)N(CCNS(=O)(=O)c1ccc(Cl)s1)c1cccc(Cl)c1. The molecule has 0 aliphatic carbocycles. The number of anilines is 1. The number of thiophene rings is 1. The van der Waals surface area contributed by atoms with Crippen molar-refractivity contribution >= 4 is 56.2 Å². The summed E-state index contributed by atoms with van der Waals surface area (Å²) in [5.74, 6) is -0.203. The number of sulfonamides is 1. The van der Waals surface area contributed by atoms with E-state index >= 15 is 0 Å². The lowest BCUT2D eigenvalue weighted by Gasteiger charge is -2.21. The molecular formula is C14H14Cl2N2O3S2. The zero-order valence-electron chi connectivity index (χ0n) is 12.1. The van der Waals surface area contributed by atoms with E-state index in [1.165, 1.54) is 24.0 Å². The Kier molecular flexibility index (Phi) is 6.05. The molecule has 0 aliphatic heterocycles. The van der Waals surface area contributed by atoms with Gasteiger partial charge in [0.2, 0.25) is 15.9 Å². The second kappa shape index (κ2) is 7.63. The molecule has 0 fully saturated rings. The molecule has 1 amide bonds. The van der Waals surface area contributed by atoms with Crippen LogP contribution < -0.4 is 9.62 Å². The summed E-state index contributed by atoms with van der Waals surface area (Å²) in [6.45, 7) is 1.67. The molecule has 0 atom stereocenters. The Morgan fingerprint density at radius 3 is 2.57 bits per heavy atom. The van der Waals surface area contributed by atoms with Gasteiger partial charge in [-0.3, -0.25) is 4.79 Å². The van der Waals surface area contributed by atoms with Crippen LogP contribution in [-0.2, 0) is 14.8 Å². The summed E-state index contributed by atoms with van der Waals surface area (Å²) in [6.07, 6.45) is 0. The summed E-state index contributed by atoms with van der Waals surface area (Å²) in [4.78, 5) is 13.2. The van der Waals surface area contributed by atoms with Gasteiger partial charge in [0.05, 0.1) is 4.34 Å². The molecule has 5 nitrogen and oxygen atoms in total. The van der Waals surface area contributed by atoms with Crippen LogP contribution in [0.3, 0.4) is 0 Å². The molecule has 1 heterocycles. The highest BCUT2D eigenvalue weighted by molar-refractivity contribution is 7.91. The molecule has 0 bridgehead atoms. The topological polar surface area (TPSA) is 66.5 Å². The van der Waals surface area contributed by atoms with E-state index in [4.69, 9.17) is 23.2 Å². The summed E-state index contributed by atoms with van der Waals surface area (Å²) >= 11 is 12.6. The van der Waals surface area contributed by atoms with Gasteiger partial charge in [-0.1, -0.05) is 29.3 Å². The monoisotopic (exact) mass is 392 g/mol. The van der Waals surface area contributed by atoms with Crippen LogP contribution in [0.5, 0.6) is 0 Å². The molecular weight excluding hydrogens is 379 g/mol. The minimum atomic E-state index is -3.63. The predicted molar refractivity (Wildman–Crippen MR) is 94.0 cm³/mol. The Morgan fingerprint density at radius 2 is 2.00 bits per heavy atom. The predicted octanol–water partition coefficient (Wildman–Crippen LogP) is 3.39. The maximum atomic E-state index is 12.1. The Morgan fingerprint density at radius 1 is 1.26 bits per heavy atom. The maximum Gasteiger partial charge on any atom is 0.250 e. The smallest absolute Gasteiger partial charge is 0.250 e. The minimum absolute atomic E-state index is 0.0734. The van der Waals surface area contributed by atoms with Gasteiger partial charge in [-0.05, 0) is 30.3 Å². The van der Waals surface area contributed by atoms with E-state index in [-0.39, 0.29) is 23.2 Å². The fourth-order valence-corrected chi connectivity index (χ4v) is 4.65. The van der Waals surface area contributed by atoms with Gasteiger partial charge in [0.1, 0.15) is 4.21 Å². The van der Waals surface area contributed by atoms with Crippen LogP contribution in [-0.4, -0.2) is 27.4 Å². The number of hydrogen-bond donors (Lipinski definition) is 1. The van der Waals surface area contributed by atoms with Crippen LogP contribution in [0.15, 0.2) is 40.6 Å². The fraction of sp³-hybridized carbons (Fsp3) is 0.214. The number of halogens is 2. The molecule has 0 aliphatic rings. The van der Waals surface area contributed by atoms with Gasteiger partial charge in [0.25, 0.3) is 0 Å². The number of carbonyl (C=O) groups is 1. The molecule has 9 heteroatoms. The first kappa shape index (κ1) is 18.2. The summed E-state index contributed by atoms with van der Waals surface area (Å²) in [6, 6.07) is 9.78. The lowest BCUT2D eigenvalue weighted by Crippen LogP contribution is -2.37. The molecule has 0 radical (unpaired) electrons. The average molecular weight is 393 g/mol. The van der Waals surface area contributed by atoms with Crippen LogP contribution in [0.2, 0.25) is 9.36 Å². The van der Waals surface area contributed by atoms with Crippen molar-refractivity contribution in [2.75, 3.05) is 18.0 Å². The van der Waals surface area contributed by atoms with Gasteiger partial charge in [0, 0.05) is 30.7 Å². The van der Waals surface area contributed by atoms with E-state index in [0.29, 0.717) is 15.0 Å². The van der Waals surface area contributed by atoms with E-state index < -0.39 is 10.0 Å². The maximum absolute atomic E-state index is 12.1. The van der Waals surface area contributed by atoms with E-state index in [0.717, 1.165) is 11.3 Å². The first-order valence-electron chi connectivity index (χ1n) is 6.58. The van der Waals surface area contributed by atoms with Crippen LogP contribution in [0.1, 0.15) is 6.92 Å². The Hall–Kier alpha value is -1.12. The lowest BCUT2D eigenvalue weighted by atomic mass is 10.3. The van der Waals surface area contributed by atoms with Crippen LogP contribution in [0.25, 0.3) is 0 Å². The van der Waals surface area contributed by atoms with Crippen molar-refractivity contribution in [1.29, 1.82) is 0 Å². The zero-order chi connectivity index (χ0) is 17.0. The molecule has 0 spiro atoms. The second-order valence-electron chi connectivity index (χ2n) is 4.61. The average Bonchev–Trinajstić information content (AvgIpc) is 2.90. The molecule has 0 saturated heterocycles. The first-order valence-corrected chi connectivity index (χ1v) is 9.64. The van der Waals surface area contributed by atoms with Crippen LogP contribution in [0.4, 0.5) is 5.69 Å². The number of amides is 1. The number of rotatable bonds is 6. The molecule has 1 aromatic carbocycles. The molecule has 0 unspecified atom stereocenters. The molecule has 23 heavy (non-hydrogen) atoms. The van der Waals surface area contributed by atoms with E-state index in [9.17, 15) is 13.2 Å². The van der Waals surface area contributed by atoms with Crippen molar-refractivity contribution in [1.82, 2.24) is 4.72 Å². The summed E-state index contributed by atoms with van der Waals surface area (Å²) in [5, 5.41) is 0.502. The molecule has 0 saturated carbocycles. The van der Waals surface area contributed by atoms with Crippen molar-refractivity contribution in [3.63, 3.8) is 0 Å². The number of carbonyl (C=O) groups excluding carboxylic acids is 1. The van der Waals surface area contributed by atoms with Crippen molar-refractivity contribution in [2.45, 2.75) is 11.1 Å². The Bertz CT molecular complexity index is 806. The highest BCUT2D eigenvalue weighted by Crippen LogP contribution is 2.25. The summed E-state index contributed by atoms with van der Waals surface area (Å²) in [7, 11) is -3.63. The molecule has 124 valence electrons. The van der Waals surface area contributed by atoms with Crippen LogP contribution in [0, 0.1) is 0 Å². The summed E-state index contributed by atoms with van der Waals surface area (Å²) in [5.41, 5.74) is 0.614. The minimum Gasteiger partial charge on any atom is -0.311 e. The third kappa shape index (κ3) is 4.92. The number of nitrogens with zero attached hydrogens (tertiary/aromatic N) is 1. The Labute approximate surface area is 148 Å². The van der Waals surface area contributed by atoms with Crippen molar-refractivity contribution in [3.8, 4) is 0 Å². The fourth-order valence-electron chi connectivity index (χ4n) is 1.92. The molecule has 1 N–H and O–H groups in total. The number of hydrogen-bond acceptors (Lipinski definition) is 4. The van der Waals surface area contributed by atoms with Gasteiger partial charge in [-0.25, -0.2) is 13.1 Å². The van der Waals surface area contributed by atoms with E-state index in [1.807, 2.05) is 0 Å². The molecule has 2 rings (SSSR count). The van der Waals surface area contributed by atoms with Gasteiger partial charge >= 0.3 is 0 Å². The first-order chi connectivity index (χ1) is 10.8. The number of nitrogens with one attached hydrogen (secondary N) is 1. The quantitative estimate of drug-likeness (QED) is 0.818. The van der Waals surface area contributed by atoms with Gasteiger partial charge < -0.3 is 4.90 Å². The number of benzene rings is 1. The normalized spacial score (nSPS) is 11.4. The third-order valence-corrected chi connectivity index (χ3v) is 6.36.